The highest BCUT2D eigenvalue weighted by Crippen LogP contribution is 2.39. The van der Waals surface area contributed by atoms with Gasteiger partial charge in [0.05, 0.1) is 19.1 Å². The zero-order valence-corrected chi connectivity index (χ0v) is 19.8. The Morgan fingerprint density at radius 1 is 1.03 bits per heavy atom. The molecule has 0 bridgehead atoms. The van der Waals surface area contributed by atoms with Crippen molar-refractivity contribution in [1.82, 2.24) is 4.90 Å². The molecule has 2 atom stereocenters. The van der Waals surface area contributed by atoms with E-state index in [4.69, 9.17) is 4.74 Å². The molecule has 3 amide bonds. The minimum Gasteiger partial charge on any atom is -0.497 e. The summed E-state index contributed by atoms with van der Waals surface area (Å²) in [5, 5.41) is 5.78. The molecule has 2 N–H and O–H groups in total. The van der Waals surface area contributed by atoms with E-state index in [1.165, 1.54) is 0 Å². The van der Waals surface area contributed by atoms with Crippen molar-refractivity contribution >= 4 is 29.1 Å². The van der Waals surface area contributed by atoms with Gasteiger partial charge in [0.25, 0.3) is 0 Å². The third-order valence-electron chi connectivity index (χ3n) is 5.92. The summed E-state index contributed by atoms with van der Waals surface area (Å²) < 4.78 is 5.26. The smallest absolute Gasteiger partial charge is 0.230 e. The molecule has 0 radical (unpaired) electrons. The Balaban J connectivity index is 1.77. The average molecular weight is 452 g/mol. The van der Waals surface area contributed by atoms with Crippen molar-refractivity contribution in [3.05, 3.63) is 54.1 Å². The number of nitrogens with one attached hydrogen (secondary N) is 2. The monoisotopic (exact) mass is 451 g/mol. The van der Waals surface area contributed by atoms with Gasteiger partial charge in [-0.1, -0.05) is 39.3 Å². The number of amides is 3. The predicted octanol–water partition coefficient (Wildman–Crippen LogP) is 4.62. The van der Waals surface area contributed by atoms with Gasteiger partial charge in [0, 0.05) is 30.3 Å². The third-order valence-corrected chi connectivity index (χ3v) is 5.92. The number of hydrogen-bond acceptors (Lipinski definition) is 4. The van der Waals surface area contributed by atoms with Crippen molar-refractivity contribution in [2.45, 2.75) is 46.1 Å². The fourth-order valence-electron chi connectivity index (χ4n) is 3.99. The Morgan fingerprint density at radius 3 is 2.18 bits per heavy atom. The molecule has 0 aromatic heterocycles. The fraction of sp³-hybridized carbons (Fsp3) is 0.423. The van der Waals surface area contributed by atoms with Crippen molar-refractivity contribution < 1.29 is 19.1 Å². The molecule has 1 aliphatic rings. The van der Waals surface area contributed by atoms with Gasteiger partial charge in [-0.25, -0.2) is 0 Å². The van der Waals surface area contributed by atoms with Crippen LogP contribution in [0.2, 0.25) is 0 Å². The summed E-state index contributed by atoms with van der Waals surface area (Å²) in [5.41, 5.74) is 2.21. The first kappa shape index (κ1) is 24.3. The van der Waals surface area contributed by atoms with Crippen LogP contribution >= 0.6 is 0 Å². The highest BCUT2D eigenvalue weighted by molar-refractivity contribution is 5.98. The van der Waals surface area contributed by atoms with Crippen LogP contribution in [-0.2, 0) is 14.4 Å². The van der Waals surface area contributed by atoms with Gasteiger partial charge in [0.1, 0.15) is 5.75 Å². The van der Waals surface area contributed by atoms with E-state index in [0.29, 0.717) is 17.9 Å². The maximum Gasteiger partial charge on any atom is 0.230 e. The number of likely N-dealkylation sites (tertiary alicyclic amines) is 1. The summed E-state index contributed by atoms with van der Waals surface area (Å²) in [7, 11) is 1.61. The van der Waals surface area contributed by atoms with Gasteiger partial charge in [-0.2, -0.15) is 0 Å². The lowest BCUT2D eigenvalue weighted by atomic mass is 9.92. The topological polar surface area (TPSA) is 87.7 Å². The van der Waals surface area contributed by atoms with Gasteiger partial charge in [-0.15, -0.1) is 0 Å². The molecular weight excluding hydrogens is 418 g/mol. The molecule has 3 rings (SSSR count). The van der Waals surface area contributed by atoms with Gasteiger partial charge in [-0.05, 0) is 48.4 Å². The van der Waals surface area contributed by atoms with Gasteiger partial charge in [-0.3, -0.25) is 14.4 Å². The molecule has 0 aliphatic carbocycles. The molecule has 7 nitrogen and oxygen atoms in total. The fourth-order valence-corrected chi connectivity index (χ4v) is 3.99. The largest absolute Gasteiger partial charge is 0.497 e. The third kappa shape index (κ3) is 5.92. The number of ether oxygens (including phenoxy) is 1. The van der Waals surface area contributed by atoms with Crippen molar-refractivity contribution in [3.63, 3.8) is 0 Å². The molecule has 0 spiro atoms. The number of anilines is 2. The molecule has 33 heavy (non-hydrogen) atoms. The molecule has 176 valence electrons. The number of nitrogens with zero attached hydrogens (tertiary/aromatic N) is 1. The second-order valence-electron chi connectivity index (χ2n) is 8.68. The van der Waals surface area contributed by atoms with Crippen LogP contribution in [0.15, 0.2) is 48.5 Å². The number of hydrogen-bond donors (Lipinski definition) is 2. The predicted molar refractivity (Wildman–Crippen MR) is 129 cm³/mol. The highest BCUT2D eigenvalue weighted by atomic mass is 16.5. The SMILES string of the molecule is CCCCN1C(=O)C[C@@H](C(=O)Nc2ccc(NC(=O)C(C)C)cc2)[C@H]1c1ccc(OC)cc1. The maximum absolute atomic E-state index is 13.3. The number of benzene rings is 2. The minimum absolute atomic E-state index is 0.00355. The molecule has 2 aromatic rings. The van der Waals surface area contributed by atoms with E-state index in [2.05, 4.69) is 17.6 Å². The van der Waals surface area contributed by atoms with E-state index in [1.807, 2.05) is 43.0 Å². The van der Waals surface area contributed by atoms with E-state index in [-0.39, 0.29) is 36.1 Å². The van der Waals surface area contributed by atoms with Crippen molar-refractivity contribution in [1.29, 1.82) is 0 Å². The van der Waals surface area contributed by atoms with Gasteiger partial charge >= 0.3 is 0 Å². The van der Waals surface area contributed by atoms with Crippen LogP contribution in [-0.4, -0.2) is 36.3 Å². The molecule has 0 saturated carbocycles. The molecule has 7 heteroatoms. The second-order valence-corrected chi connectivity index (χ2v) is 8.68. The zero-order chi connectivity index (χ0) is 24.0. The Morgan fingerprint density at radius 2 is 1.64 bits per heavy atom. The Labute approximate surface area is 195 Å². The first-order chi connectivity index (χ1) is 15.8. The van der Waals surface area contributed by atoms with E-state index < -0.39 is 5.92 Å². The Kier molecular flexibility index (Phi) is 8.09. The molecule has 1 aliphatic heterocycles. The van der Waals surface area contributed by atoms with Crippen LogP contribution in [0.1, 0.15) is 51.6 Å². The van der Waals surface area contributed by atoms with Crippen LogP contribution in [0.4, 0.5) is 11.4 Å². The van der Waals surface area contributed by atoms with Crippen LogP contribution in [0, 0.1) is 11.8 Å². The molecule has 0 unspecified atom stereocenters. The lowest BCUT2D eigenvalue weighted by molar-refractivity contribution is -0.129. The number of rotatable bonds is 9. The van der Waals surface area contributed by atoms with Crippen LogP contribution < -0.4 is 15.4 Å². The van der Waals surface area contributed by atoms with Crippen molar-refractivity contribution in [2.75, 3.05) is 24.3 Å². The van der Waals surface area contributed by atoms with Gasteiger partial charge in [0.2, 0.25) is 17.7 Å². The average Bonchev–Trinajstić information content (AvgIpc) is 3.15. The van der Waals surface area contributed by atoms with E-state index in [9.17, 15) is 14.4 Å². The summed E-state index contributed by atoms with van der Waals surface area (Å²) in [4.78, 5) is 39.8. The number of carbonyl (C=O) groups is 3. The molecule has 1 fully saturated rings. The number of methoxy groups -OCH3 is 1. The van der Waals surface area contributed by atoms with Crippen LogP contribution in [0.5, 0.6) is 5.75 Å². The summed E-state index contributed by atoms with van der Waals surface area (Å²) in [5.74, 6) is -0.143. The summed E-state index contributed by atoms with van der Waals surface area (Å²) >= 11 is 0. The molecule has 1 heterocycles. The summed E-state index contributed by atoms with van der Waals surface area (Å²) in [6.45, 7) is 6.37. The lowest BCUT2D eigenvalue weighted by Crippen LogP contribution is -2.33. The molecular formula is C26H33N3O4. The standard InChI is InChI=1S/C26H33N3O4/c1-5-6-15-29-23(30)16-22(24(29)18-7-13-21(33-4)14-8-18)26(32)28-20-11-9-19(10-12-20)27-25(31)17(2)3/h7-14,17,22,24H,5-6,15-16H2,1-4H3,(H,27,31)(H,28,32)/t22-,24-/m1/s1. The van der Waals surface area contributed by atoms with Gasteiger partial charge < -0.3 is 20.3 Å². The highest BCUT2D eigenvalue weighted by Gasteiger charge is 2.44. The quantitative estimate of drug-likeness (QED) is 0.582. The van der Waals surface area contributed by atoms with Gasteiger partial charge in [0.15, 0.2) is 0 Å². The van der Waals surface area contributed by atoms with Crippen molar-refractivity contribution in [2.24, 2.45) is 11.8 Å². The van der Waals surface area contributed by atoms with E-state index in [1.54, 1.807) is 31.4 Å². The van der Waals surface area contributed by atoms with Crippen LogP contribution in [0.3, 0.4) is 0 Å². The first-order valence-corrected chi connectivity index (χ1v) is 11.5. The second kappa shape index (κ2) is 11.0. The number of unbranched alkanes of at least 4 members (excludes halogenated alkanes) is 1. The number of carbonyl (C=O) groups excluding carboxylic acids is 3. The normalized spacial score (nSPS) is 17.8. The molecule has 2 aromatic carbocycles. The first-order valence-electron chi connectivity index (χ1n) is 11.5. The summed E-state index contributed by atoms with van der Waals surface area (Å²) in [6.07, 6.45) is 2.03. The van der Waals surface area contributed by atoms with E-state index >= 15 is 0 Å². The van der Waals surface area contributed by atoms with Crippen molar-refractivity contribution in [3.8, 4) is 5.75 Å². The van der Waals surface area contributed by atoms with Crippen LogP contribution in [0.25, 0.3) is 0 Å². The Bertz CT molecular complexity index is 970. The molecule has 1 saturated heterocycles. The summed E-state index contributed by atoms with van der Waals surface area (Å²) in [6, 6.07) is 14.3. The minimum atomic E-state index is -0.497. The lowest BCUT2D eigenvalue weighted by Gasteiger charge is -2.28. The Hall–Kier alpha value is -3.35. The zero-order valence-electron chi connectivity index (χ0n) is 19.8. The van der Waals surface area contributed by atoms with E-state index in [0.717, 1.165) is 24.2 Å². The maximum atomic E-state index is 13.3.